The highest BCUT2D eigenvalue weighted by molar-refractivity contribution is 9.10. The smallest absolute Gasteiger partial charge is 0.234 e. The second kappa shape index (κ2) is 20.5. The molecule has 0 bridgehead atoms. The highest BCUT2D eigenvalue weighted by Crippen LogP contribution is 2.45. The summed E-state index contributed by atoms with van der Waals surface area (Å²) in [6.45, 7) is 32.3. The van der Waals surface area contributed by atoms with E-state index < -0.39 is 16.6 Å². The molecule has 6 saturated heterocycles. The Labute approximate surface area is 436 Å². The fourth-order valence-corrected chi connectivity index (χ4v) is 11.9. The average molecular weight is 1040 g/mol. The first-order valence-corrected chi connectivity index (χ1v) is 25.1. The summed E-state index contributed by atoms with van der Waals surface area (Å²) in [6, 6.07) is 44.0. The van der Waals surface area contributed by atoms with Gasteiger partial charge in [0.2, 0.25) is 17.7 Å². The molecule has 6 aliphatic rings. The molecule has 11 rings (SSSR count). The molecule has 0 aliphatic carbocycles. The Morgan fingerprint density at radius 3 is 1.38 bits per heavy atom. The first-order chi connectivity index (χ1) is 35.1. The average Bonchev–Trinajstić information content (AvgIpc) is 4.13. The number of carbonyl (C=O) groups excluding carboxylic acids is 3. The zero-order chi connectivity index (χ0) is 51.7. The summed E-state index contributed by atoms with van der Waals surface area (Å²) >= 11 is 3.57. The van der Waals surface area contributed by atoms with Gasteiger partial charge in [0.15, 0.2) is 11.4 Å². The zero-order valence-corrected chi connectivity index (χ0v) is 43.0. The number of halogens is 1. The molecule has 5 aromatic rings. The molecular formula is C58H60BrN11O3. The molecule has 6 aliphatic heterocycles. The minimum Gasteiger partial charge on any atom is -0.360 e. The lowest BCUT2D eigenvalue weighted by molar-refractivity contribution is -0.138. The van der Waals surface area contributed by atoms with Crippen LogP contribution in [-0.2, 0) is 44.1 Å². The maximum atomic E-state index is 13.1. The van der Waals surface area contributed by atoms with E-state index in [2.05, 4.69) is 125 Å². The van der Waals surface area contributed by atoms with Crippen LogP contribution in [0.2, 0.25) is 0 Å². The molecule has 372 valence electrons. The van der Waals surface area contributed by atoms with E-state index in [1.165, 1.54) is 11.1 Å². The van der Waals surface area contributed by atoms with Gasteiger partial charge in [-0.3, -0.25) is 24.2 Å². The molecule has 2 unspecified atom stereocenters. The van der Waals surface area contributed by atoms with E-state index in [-0.39, 0.29) is 35.5 Å². The lowest BCUT2D eigenvalue weighted by atomic mass is 9.78. The van der Waals surface area contributed by atoms with Crippen LogP contribution in [0.25, 0.3) is 9.69 Å². The highest BCUT2D eigenvalue weighted by Gasteiger charge is 2.57. The highest BCUT2D eigenvalue weighted by atomic mass is 79.9. The van der Waals surface area contributed by atoms with Crippen LogP contribution in [0.3, 0.4) is 0 Å². The maximum Gasteiger partial charge on any atom is 0.234 e. The van der Waals surface area contributed by atoms with Gasteiger partial charge in [0.25, 0.3) is 0 Å². The summed E-state index contributed by atoms with van der Waals surface area (Å²) in [4.78, 5) is 55.1. The van der Waals surface area contributed by atoms with E-state index in [1.54, 1.807) is 48.0 Å². The maximum absolute atomic E-state index is 13.1. The van der Waals surface area contributed by atoms with E-state index in [9.17, 15) is 14.4 Å². The fraction of sp³-hybridized carbons (Fsp3) is 0.293. The molecule has 73 heavy (non-hydrogen) atoms. The van der Waals surface area contributed by atoms with Crippen LogP contribution in [0.5, 0.6) is 0 Å². The van der Waals surface area contributed by atoms with Gasteiger partial charge < -0.3 is 36.0 Å². The fourth-order valence-electron chi connectivity index (χ4n) is 11.5. The third-order valence-corrected chi connectivity index (χ3v) is 15.9. The lowest BCUT2D eigenvalue weighted by Crippen LogP contribution is -2.60. The van der Waals surface area contributed by atoms with Gasteiger partial charge in [0.1, 0.15) is 17.5 Å². The second-order valence-electron chi connectivity index (χ2n) is 19.8. The minimum absolute atomic E-state index is 0.0620. The van der Waals surface area contributed by atoms with Gasteiger partial charge in [-0.1, -0.05) is 157 Å². The molecule has 0 spiro atoms. The number of fused-ring (bicyclic) bond motifs is 3. The van der Waals surface area contributed by atoms with Crippen LogP contribution in [0.4, 0.5) is 11.4 Å². The van der Waals surface area contributed by atoms with Gasteiger partial charge in [-0.25, -0.2) is 9.69 Å². The van der Waals surface area contributed by atoms with Crippen LogP contribution in [0, 0.1) is 30.9 Å². The SMILES string of the molecule is C=C1NC2(c3cccc(Br)c3)CN(Cc3ccccc3)CC2C(=O)N1C.[C-]#[N+]c1cccc([C@]23CN(Cc4ccccc4)C[C@H]2C(=O)N(C)C(=C)N3)c1.[C-]#[N+]c1cccc([C@]23CNC[C@H]2C(=O)N(C)C(=C)N3)c1. The van der Waals surface area contributed by atoms with Crippen molar-refractivity contribution in [2.75, 3.05) is 60.4 Å². The molecule has 15 heteroatoms. The predicted molar refractivity (Wildman–Crippen MR) is 286 cm³/mol. The molecule has 14 nitrogen and oxygen atoms in total. The van der Waals surface area contributed by atoms with Crippen LogP contribution in [0.15, 0.2) is 175 Å². The summed E-state index contributed by atoms with van der Waals surface area (Å²) in [7, 11) is 5.29. The number of rotatable bonds is 7. The first kappa shape index (κ1) is 50.4. The Morgan fingerprint density at radius 1 is 0.548 bits per heavy atom. The van der Waals surface area contributed by atoms with E-state index in [1.807, 2.05) is 72.8 Å². The van der Waals surface area contributed by atoms with E-state index in [4.69, 9.17) is 13.1 Å². The molecule has 3 amide bonds. The topological polar surface area (TPSA) is 124 Å². The molecule has 6 atom stereocenters. The van der Waals surface area contributed by atoms with Gasteiger partial charge in [-0.05, 0) is 39.9 Å². The van der Waals surface area contributed by atoms with E-state index >= 15 is 0 Å². The second-order valence-corrected chi connectivity index (χ2v) is 20.7. The molecular weight excluding hydrogens is 979 g/mol. The monoisotopic (exact) mass is 1040 g/mol. The molecule has 0 aromatic heterocycles. The van der Waals surface area contributed by atoms with Gasteiger partial charge in [0, 0.05) is 78.0 Å². The van der Waals surface area contributed by atoms with Crippen LogP contribution in [-0.4, -0.2) is 103 Å². The minimum atomic E-state index is -0.559. The van der Waals surface area contributed by atoms with Crippen molar-refractivity contribution in [1.82, 2.24) is 45.8 Å². The van der Waals surface area contributed by atoms with Crippen molar-refractivity contribution >= 4 is 45.0 Å². The third-order valence-electron chi connectivity index (χ3n) is 15.4. The molecule has 4 N–H and O–H groups in total. The van der Waals surface area contributed by atoms with E-state index in [0.29, 0.717) is 55.0 Å². The zero-order valence-electron chi connectivity index (χ0n) is 41.4. The number of nitrogens with zero attached hydrogens (tertiary/aromatic N) is 7. The van der Waals surface area contributed by atoms with Crippen molar-refractivity contribution < 1.29 is 14.4 Å². The van der Waals surface area contributed by atoms with Crippen LogP contribution >= 0.6 is 15.9 Å². The summed E-state index contributed by atoms with van der Waals surface area (Å²) in [5.41, 5.74) is 5.20. The van der Waals surface area contributed by atoms with Crippen molar-refractivity contribution in [3.63, 3.8) is 0 Å². The number of benzene rings is 5. The Kier molecular flexibility index (Phi) is 14.2. The van der Waals surface area contributed by atoms with Gasteiger partial charge in [0.05, 0.1) is 47.5 Å². The number of hydrogen-bond donors (Lipinski definition) is 4. The number of hydrogen-bond acceptors (Lipinski definition) is 9. The van der Waals surface area contributed by atoms with Gasteiger partial charge in [-0.2, -0.15) is 0 Å². The van der Waals surface area contributed by atoms with Gasteiger partial charge >= 0.3 is 0 Å². The quantitative estimate of drug-likeness (QED) is 0.122. The Bertz CT molecular complexity index is 3060. The van der Waals surface area contributed by atoms with Gasteiger partial charge in [-0.15, -0.1) is 0 Å². The molecule has 6 fully saturated rings. The van der Waals surface area contributed by atoms with Crippen molar-refractivity contribution in [2.24, 2.45) is 17.8 Å². The molecule has 5 aromatic carbocycles. The van der Waals surface area contributed by atoms with Crippen LogP contribution < -0.4 is 21.3 Å². The largest absolute Gasteiger partial charge is 0.360 e. The Hall–Kier alpha value is -7.53. The summed E-state index contributed by atoms with van der Waals surface area (Å²) < 4.78 is 1.02. The first-order valence-electron chi connectivity index (χ1n) is 24.3. The number of likely N-dealkylation sites (tertiary alicyclic amines) is 2. The molecule has 6 heterocycles. The summed E-state index contributed by atoms with van der Waals surface area (Å²) in [5, 5.41) is 13.8. The Morgan fingerprint density at radius 2 is 0.945 bits per heavy atom. The van der Waals surface area contributed by atoms with Crippen molar-refractivity contribution in [2.45, 2.75) is 29.7 Å². The summed E-state index contributed by atoms with van der Waals surface area (Å²) in [6.07, 6.45) is 0. The lowest BCUT2D eigenvalue weighted by Gasteiger charge is -2.44. The van der Waals surface area contributed by atoms with Crippen molar-refractivity contribution in [1.29, 1.82) is 0 Å². The standard InChI is InChI=1S/C22H22N4O.C21H22BrN3O.C15H16N4O/c1-16-24-22(18-10-7-11-19(12-18)23-2)15-26(13-17-8-5-4-6-9-17)14-20(22)21(27)25(16)3;1-15-23-21(17-9-6-10-18(22)11-17)14-25(12-16-7-4-3-5-8-16)13-19(21)20(26)24(15)2;1-10-18-15(11-5-4-6-12(7-11)16-2)9-17-8-13(15)14(20)19(10)3/h4-12,20,24H,1,13-15H2,3H3;3-11,19,23H,1,12-14H2,2H3;4-7,13,17-18H,1,8-9H2,3H3/t20-,22+;;13-,15+/m0.0/s1. The van der Waals surface area contributed by atoms with Crippen molar-refractivity contribution in [3.05, 3.63) is 226 Å². The van der Waals surface area contributed by atoms with Crippen molar-refractivity contribution in [3.8, 4) is 0 Å². The number of nitrogens with one attached hydrogen (secondary N) is 4. The normalized spacial score (nSPS) is 26.4. The number of carbonyl (C=O) groups is 3. The number of amides is 3. The van der Waals surface area contributed by atoms with Crippen LogP contribution in [0.1, 0.15) is 27.8 Å². The molecule has 0 radical (unpaired) electrons. The Balaban J connectivity index is 0.000000136. The molecule has 0 saturated carbocycles. The predicted octanol–water partition coefficient (Wildman–Crippen LogP) is 7.59. The van der Waals surface area contributed by atoms with E-state index in [0.717, 1.165) is 47.3 Å². The summed E-state index contributed by atoms with van der Waals surface area (Å²) in [5.74, 6) is 1.58. The third kappa shape index (κ3) is 9.53.